The van der Waals surface area contributed by atoms with E-state index in [0.29, 0.717) is 16.0 Å². The van der Waals surface area contributed by atoms with Crippen LogP contribution in [0.25, 0.3) is 10.2 Å². The van der Waals surface area contributed by atoms with Crippen LogP contribution in [0.2, 0.25) is 0 Å². The molecule has 0 aliphatic carbocycles. The Morgan fingerprint density at radius 3 is 2.54 bits per heavy atom. The molecule has 0 aliphatic heterocycles. The number of nitrogens with zero attached hydrogens (tertiary/aromatic N) is 2. The average molecular weight is 402 g/mol. The molecule has 0 radical (unpaired) electrons. The lowest BCUT2D eigenvalue weighted by atomic mass is 10.2. The van der Waals surface area contributed by atoms with Crippen molar-refractivity contribution < 1.29 is 23.5 Å². The largest absolute Gasteiger partial charge is 0.491 e. The van der Waals surface area contributed by atoms with Gasteiger partial charge in [0.25, 0.3) is 5.91 Å². The number of rotatable bonds is 5. The molecule has 0 aliphatic rings. The molecule has 3 aromatic rings. The van der Waals surface area contributed by atoms with Crippen LogP contribution in [0, 0.1) is 5.82 Å². The summed E-state index contributed by atoms with van der Waals surface area (Å²) in [5.74, 6) is -0.910. The first-order chi connectivity index (χ1) is 13.4. The van der Waals surface area contributed by atoms with Gasteiger partial charge in [-0.2, -0.15) is 4.99 Å². The molecule has 6 nitrogen and oxygen atoms in total. The van der Waals surface area contributed by atoms with E-state index in [4.69, 9.17) is 4.74 Å². The standard InChI is InChI=1S/C20H19FN2O4S/c1-12(2)27-14-9-7-13(8-10-14)19(25)22-20-23(11-17(24)26-3)18-15(21)5-4-6-16(18)28-20/h4-10,12H,11H2,1-3H3. The lowest BCUT2D eigenvalue weighted by molar-refractivity contribution is -0.141. The first kappa shape index (κ1) is 19.8. The molecule has 28 heavy (non-hydrogen) atoms. The number of benzene rings is 2. The number of methoxy groups -OCH3 is 1. The van der Waals surface area contributed by atoms with Crippen molar-refractivity contribution in [2.75, 3.05) is 7.11 Å². The number of esters is 1. The van der Waals surface area contributed by atoms with Crippen LogP contribution in [-0.4, -0.2) is 29.7 Å². The summed E-state index contributed by atoms with van der Waals surface area (Å²) in [7, 11) is 1.25. The first-order valence-electron chi connectivity index (χ1n) is 8.59. The fourth-order valence-corrected chi connectivity index (χ4v) is 3.65. The van der Waals surface area contributed by atoms with Crippen LogP contribution in [0.15, 0.2) is 47.5 Å². The van der Waals surface area contributed by atoms with Crippen molar-refractivity contribution >= 4 is 33.4 Å². The van der Waals surface area contributed by atoms with Gasteiger partial charge >= 0.3 is 5.97 Å². The summed E-state index contributed by atoms with van der Waals surface area (Å²) in [6.45, 7) is 3.58. The van der Waals surface area contributed by atoms with Gasteiger partial charge in [-0.05, 0) is 50.2 Å². The molecule has 0 unspecified atom stereocenters. The van der Waals surface area contributed by atoms with Gasteiger partial charge in [0.05, 0.1) is 23.4 Å². The summed E-state index contributed by atoms with van der Waals surface area (Å²) < 4.78 is 26.5. The summed E-state index contributed by atoms with van der Waals surface area (Å²) in [5.41, 5.74) is 0.573. The maximum atomic E-state index is 14.3. The number of carbonyl (C=O) groups is 2. The Labute approximate surface area is 164 Å². The van der Waals surface area contributed by atoms with Gasteiger partial charge in [0, 0.05) is 5.56 Å². The highest BCUT2D eigenvalue weighted by molar-refractivity contribution is 7.16. The van der Waals surface area contributed by atoms with Crippen LogP contribution in [-0.2, 0) is 16.1 Å². The molecule has 146 valence electrons. The minimum Gasteiger partial charge on any atom is -0.491 e. The summed E-state index contributed by atoms with van der Waals surface area (Å²) in [5, 5.41) is 0. The van der Waals surface area contributed by atoms with Crippen molar-refractivity contribution in [2.45, 2.75) is 26.5 Å². The van der Waals surface area contributed by atoms with E-state index in [-0.39, 0.29) is 23.0 Å². The van der Waals surface area contributed by atoms with Crippen LogP contribution >= 0.6 is 11.3 Å². The molecule has 0 spiro atoms. The van der Waals surface area contributed by atoms with E-state index in [1.54, 1.807) is 36.4 Å². The smallest absolute Gasteiger partial charge is 0.325 e. The van der Waals surface area contributed by atoms with Crippen LogP contribution in [0.3, 0.4) is 0 Å². The zero-order chi connectivity index (χ0) is 20.3. The molecule has 1 heterocycles. The van der Waals surface area contributed by atoms with Gasteiger partial charge in [0.1, 0.15) is 18.1 Å². The van der Waals surface area contributed by atoms with Gasteiger partial charge in [0.2, 0.25) is 0 Å². The third-order valence-corrected chi connectivity index (χ3v) is 4.88. The van der Waals surface area contributed by atoms with Crippen molar-refractivity contribution in [2.24, 2.45) is 4.99 Å². The van der Waals surface area contributed by atoms with Gasteiger partial charge in [-0.3, -0.25) is 9.59 Å². The SMILES string of the molecule is COC(=O)Cn1c(=NC(=O)c2ccc(OC(C)C)cc2)sc2cccc(F)c21. The van der Waals surface area contributed by atoms with Crippen LogP contribution in [0.4, 0.5) is 4.39 Å². The number of para-hydroxylation sites is 1. The van der Waals surface area contributed by atoms with Crippen molar-refractivity contribution in [3.63, 3.8) is 0 Å². The molecular formula is C20H19FN2O4S. The second-order valence-corrected chi connectivity index (χ2v) is 7.25. The van der Waals surface area contributed by atoms with Gasteiger partial charge in [-0.1, -0.05) is 17.4 Å². The Kier molecular flexibility index (Phi) is 5.89. The van der Waals surface area contributed by atoms with Gasteiger partial charge < -0.3 is 14.0 Å². The summed E-state index contributed by atoms with van der Waals surface area (Å²) in [6.07, 6.45) is 0.0250. The molecule has 8 heteroatoms. The predicted molar refractivity (Wildman–Crippen MR) is 104 cm³/mol. The zero-order valence-corrected chi connectivity index (χ0v) is 16.5. The number of aromatic nitrogens is 1. The number of ether oxygens (including phenoxy) is 2. The number of halogens is 1. The lowest BCUT2D eigenvalue weighted by Crippen LogP contribution is -2.22. The summed E-state index contributed by atoms with van der Waals surface area (Å²) in [4.78, 5) is 28.7. The third kappa shape index (κ3) is 4.28. The minimum atomic E-state index is -0.563. The topological polar surface area (TPSA) is 69.9 Å². The Hall–Kier alpha value is -3.00. The number of hydrogen-bond acceptors (Lipinski definition) is 5. The highest BCUT2D eigenvalue weighted by Gasteiger charge is 2.15. The van der Waals surface area contributed by atoms with Crippen molar-refractivity contribution in [3.05, 3.63) is 58.6 Å². The van der Waals surface area contributed by atoms with E-state index in [0.717, 1.165) is 11.3 Å². The number of amides is 1. The fraction of sp³-hybridized carbons (Fsp3) is 0.250. The van der Waals surface area contributed by atoms with E-state index in [1.165, 1.54) is 17.7 Å². The molecule has 1 aromatic heterocycles. The monoisotopic (exact) mass is 402 g/mol. The van der Waals surface area contributed by atoms with Gasteiger partial charge in [0.15, 0.2) is 4.80 Å². The lowest BCUT2D eigenvalue weighted by Gasteiger charge is -2.09. The van der Waals surface area contributed by atoms with E-state index in [9.17, 15) is 14.0 Å². The summed E-state index contributed by atoms with van der Waals surface area (Å²) >= 11 is 1.13. The van der Waals surface area contributed by atoms with Crippen LogP contribution in [0.5, 0.6) is 5.75 Å². The maximum Gasteiger partial charge on any atom is 0.325 e. The number of thiazole rings is 1. The third-order valence-electron chi connectivity index (χ3n) is 3.84. The Morgan fingerprint density at radius 1 is 1.18 bits per heavy atom. The molecule has 3 rings (SSSR count). The maximum absolute atomic E-state index is 14.3. The molecule has 0 atom stereocenters. The molecule has 0 N–H and O–H groups in total. The van der Waals surface area contributed by atoms with E-state index in [2.05, 4.69) is 9.73 Å². The molecule has 0 bridgehead atoms. The fourth-order valence-electron chi connectivity index (χ4n) is 2.61. The number of hydrogen-bond donors (Lipinski definition) is 0. The zero-order valence-electron chi connectivity index (χ0n) is 15.6. The van der Waals surface area contributed by atoms with Crippen molar-refractivity contribution in [1.82, 2.24) is 4.57 Å². The highest BCUT2D eigenvalue weighted by atomic mass is 32.1. The molecule has 0 fully saturated rings. The molecule has 0 saturated heterocycles. The quantitative estimate of drug-likeness (QED) is 0.612. The van der Waals surface area contributed by atoms with Gasteiger partial charge in [-0.15, -0.1) is 0 Å². The average Bonchev–Trinajstić information content (AvgIpc) is 3.00. The van der Waals surface area contributed by atoms with Crippen molar-refractivity contribution in [3.8, 4) is 5.75 Å². The normalized spacial score (nSPS) is 11.8. The van der Waals surface area contributed by atoms with Crippen molar-refractivity contribution in [1.29, 1.82) is 0 Å². The minimum absolute atomic E-state index is 0.0250. The second-order valence-electron chi connectivity index (χ2n) is 6.24. The second kappa shape index (κ2) is 8.35. The molecular weight excluding hydrogens is 383 g/mol. The number of fused-ring (bicyclic) bond motifs is 1. The van der Waals surface area contributed by atoms with Crippen LogP contribution < -0.4 is 9.54 Å². The first-order valence-corrected chi connectivity index (χ1v) is 9.41. The predicted octanol–water partition coefficient (Wildman–Crippen LogP) is 3.54. The van der Waals surface area contributed by atoms with Gasteiger partial charge in [-0.25, -0.2) is 4.39 Å². The Morgan fingerprint density at radius 2 is 1.89 bits per heavy atom. The molecule has 0 saturated carbocycles. The van der Waals surface area contributed by atoms with E-state index >= 15 is 0 Å². The Balaban J connectivity index is 2.03. The van der Waals surface area contributed by atoms with E-state index in [1.807, 2.05) is 13.8 Å². The van der Waals surface area contributed by atoms with E-state index < -0.39 is 17.7 Å². The Bertz CT molecular complexity index is 1080. The summed E-state index contributed by atoms with van der Waals surface area (Å²) in [6, 6.07) is 11.2. The highest BCUT2D eigenvalue weighted by Crippen LogP contribution is 2.21. The molecule has 1 amide bonds. The molecule has 2 aromatic carbocycles. The van der Waals surface area contributed by atoms with Crippen LogP contribution in [0.1, 0.15) is 24.2 Å². The number of carbonyl (C=O) groups excluding carboxylic acids is 2.